The van der Waals surface area contributed by atoms with Gasteiger partial charge in [-0.25, -0.2) is 0 Å². The van der Waals surface area contributed by atoms with Crippen molar-refractivity contribution in [1.29, 1.82) is 0 Å². The number of likely N-dealkylation sites (tertiary alicyclic amines) is 1. The molecule has 0 aliphatic carbocycles. The molecule has 190 valence electrons. The van der Waals surface area contributed by atoms with Crippen LogP contribution in [0.4, 0.5) is 0 Å². The number of carbonyl (C=O) groups is 2. The normalized spacial score (nSPS) is 18.0. The highest BCUT2D eigenvalue weighted by molar-refractivity contribution is 7.85. The summed E-state index contributed by atoms with van der Waals surface area (Å²) in [7, 11) is 0.0617. The first-order valence-electron chi connectivity index (χ1n) is 10.5. The lowest BCUT2D eigenvalue weighted by Crippen LogP contribution is -2.36. The lowest BCUT2D eigenvalue weighted by atomic mass is 9.76. The van der Waals surface area contributed by atoms with Gasteiger partial charge in [0.05, 0.1) is 37.1 Å². The maximum Gasteiger partial charge on any atom is 0.264 e. The number of methoxy groups -OCH3 is 3. The highest BCUT2D eigenvalue weighted by atomic mass is 35.5. The van der Waals surface area contributed by atoms with Crippen LogP contribution in [0.3, 0.4) is 0 Å². The van der Waals surface area contributed by atoms with Gasteiger partial charge < -0.3 is 14.2 Å². The van der Waals surface area contributed by atoms with Crippen LogP contribution in [0.1, 0.15) is 35.2 Å². The van der Waals surface area contributed by atoms with Gasteiger partial charge in [-0.15, -0.1) is 0 Å². The molecule has 0 bridgehead atoms. The molecule has 35 heavy (non-hydrogen) atoms. The number of imide groups is 1. The minimum absolute atomic E-state index is 0.0231. The molecule has 3 rings (SSSR count). The third-order valence-electron chi connectivity index (χ3n) is 6.00. The van der Waals surface area contributed by atoms with Crippen molar-refractivity contribution in [3.63, 3.8) is 0 Å². The molecule has 1 fully saturated rings. The maximum absolute atomic E-state index is 13.4. The second-order valence-corrected chi connectivity index (χ2v) is 10.6. The fourth-order valence-corrected chi connectivity index (χ4v) is 5.11. The van der Waals surface area contributed by atoms with Crippen LogP contribution in [0, 0.1) is 0 Å². The summed E-state index contributed by atoms with van der Waals surface area (Å²) in [5.41, 5.74) is -0.141. The van der Waals surface area contributed by atoms with Crippen molar-refractivity contribution in [2.24, 2.45) is 0 Å². The van der Waals surface area contributed by atoms with Gasteiger partial charge in [-0.05, 0) is 42.7 Å². The molecule has 0 aromatic heterocycles. The van der Waals surface area contributed by atoms with Gasteiger partial charge in [-0.3, -0.25) is 19.0 Å². The van der Waals surface area contributed by atoms with Gasteiger partial charge in [-0.1, -0.05) is 29.3 Å². The van der Waals surface area contributed by atoms with Crippen LogP contribution in [0.2, 0.25) is 10.0 Å². The highest BCUT2D eigenvalue weighted by Gasteiger charge is 2.47. The molecule has 1 unspecified atom stereocenters. The van der Waals surface area contributed by atoms with Crippen LogP contribution in [-0.4, -0.2) is 63.3 Å². The summed E-state index contributed by atoms with van der Waals surface area (Å²) in [5, 5.41) is 0.582. The molecule has 0 saturated carbocycles. The van der Waals surface area contributed by atoms with Crippen LogP contribution >= 0.6 is 23.2 Å². The molecule has 2 aromatic rings. The van der Waals surface area contributed by atoms with Crippen LogP contribution in [0.25, 0.3) is 0 Å². The number of hydrogen-bond acceptors (Lipinski definition) is 7. The Morgan fingerprint density at radius 3 is 2.20 bits per heavy atom. The van der Waals surface area contributed by atoms with E-state index in [-0.39, 0.29) is 47.9 Å². The molecule has 0 spiro atoms. The quantitative estimate of drug-likeness (QED) is 0.371. The summed E-state index contributed by atoms with van der Waals surface area (Å²) in [6.45, 7) is -0.0231. The van der Waals surface area contributed by atoms with Gasteiger partial charge in [0, 0.05) is 23.9 Å². The van der Waals surface area contributed by atoms with Gasteiger partial charge in [-0.2, -0.15) is 8.42 Å². The Labute approximate surface area is 213 Å². The molecule has 9 nitrogen and oxygen atoms in total. The Hall–Kier alpha value is -2.53. The number of hydrogen-bond donors (Lipinski definition) is 1. The molecule has 1 heterocycles. The Morgan fingerprint density at radius 2 is 1.69 bits per heavy atom. The van der Waals surface area contributed by atoms with E-state index >= 15 is 0 Å². The number of nitrogens with zero attached hydrogens (tertiary/aromatic N) is 1. The summed E-state index contributed by atoms with van der Waals surface area (Å²) in [5.74, 6) is -0.691. The fraction of sp³-hybridized carbons (Fsp3) is 0.391. The molecule has 1 aliphatic rings. The average Bonchev–Trinajstić information content (AvgIpc) is 3.15. The highest BCUT2D eigenvalue weighted by Crippen LogP contribution is 2.43. The van der Waals surface area contributed by atoms with Gasteiger partial charge in [0.15, 0.2) is 11.5 Å². The first-order chi connectivity index (χ1) is 16.4. The van der Waals surface area contributed by atoms with Crippen molar-refractivity contribution in [3.05, 3.63) is 51.5 Å². The van der Waals surface area contributed by atoms with Gasteiger partial charge in [0.25, 0.3) is 16.0 Å². The summed E-state index contributed by atoms with van der Waals surface area (Å²) in [4.78, 5) is 27.7. The van der Waals surface area contributed by atoms with Crippen LogP contribution < -0.4 is 14.2 Å². The molecule has 0 radical (unpaired) electrons. The molecule has 2 aromatic carbocycles. The summed E-state index contributed by atoms with van der Waals surface area (Å²) >= 11 is 12.3. The van der Waals surface area contributed by atoms with E-state index in [1.807, 2.05) is 0 Å². The largest absolute Gasteiger partial charge is 0.493 e. The van der Waals surface area contributed by atoms with Crippen molar-refractivity contribution < 1.29 is 36.8 Å². The number of amides is 2. The van der Waals surface area contributed by atoms with E-state index in [0.717, 1.165) is 4.90 Å². The van der Waals surface area contributed by atoms with E-state index in [1.54, 1.807) is 18.2 Å². The molecule has 1 saturated heterocycles. The van der Waals surface area contributed by atoms with Gasteiger partial charge >= 0.3 is 0 Å². The smallest absolute Gasteiger partial charge is 0.264 e. The van der Waals surface area contributed by atoms with Crippen molar-refractivity contribution in [2.75, 3.05) is 33.6 Å². The Balaban J connectivity index is 2.00. The second kappa shape index (κ2) is 10.6. The van der Waals surface area contributed by atoms with Crippen LogP contribution in [-0.2, 0) is 20.3 Å². The molecule has 12 heteroatoms. The molecular weight excluding hydrogens is 521 g/mol. The van der Waals surface area contributed by atoms with Gasteiger partial charge in [0.2, 0.25) is 11.7 Å². The van der Waals surface area contributed by atoms with Crippen molar-refractivity contribution in [2.45, 2.75) is 24.7 Å². The van der Waals surface area contributed by atoms with Gasteiger partial charge in [0.1, 0.15) is 0 Å². The minimum Gasteiger partial charge on any atom is -0.493 e. The van der Waals surface area contributed by atoms with Crippen molar-refractivity contribution in [3.8, 4) is 17.2 Å². The Kier molecular flexibility index (Phi) is 8.21. The van der Waals surface area contributed by atoms with E-state index in [9.17, 15) is 22.6 Å². The second-order valence-electron chi connectivity index (χ2n) is 8.17. The van der Waals surface area contributed by atoms with E-state index in [2.05, 4.69) is 0 Å². The third-order valence-corrected chi connectivity index (χ3v) is 7.54. The number of rotatable bonds is 9. The number of benzene rings is 2. The molecule has 1 atom stereocenters. The van der Waals surface area contributed by atoms with E-state index < -0.39 is 33.1 Å². The number of carbonyl (C=O) groups excluding carboxylic acids is 2. The molecule has 2 amide bonds. The van der Waals surface area contributed by atoms with Crippen LogP contribution in [0.15, 0.2) is 30.3 Å². The zero-order valence-electron chi connectivity index (χ0n) is 19.3. The van der Waals surface area contributed by atoms with E-state index in [1.165, 1.54) is 33.5 Å². The number of halogens is 2. The Bertz CT molecular complexity index is 1230. The molecular formula is C23H25Cl2NO8S. The first-order valence-corrected chi connectivity index (χ1v) is 12.9. The summed E-state index contributed by atoms with van der Waals surface area (Å²) in [6, 6.07) is 7.79. The topological polar surface area (TPSA) is 119 Å². The predicted molar refractivity (Wildman–Crippen MR) is 131 cm³/mol. The third kappa shape index (κ3) is 5.83. The lowest BCUT2D eigenvalue weighted by Gasteiger charge is -2.29. The zero-order valence-corrected chi connectivity index (χ0v) is 21.7. The predicted octanol–water partition coefficient (Wildman–Crippen LogP) is 4.00. The fourth-order valence-electron chi connectivity index (χ4n) is 4.30. The minimum atomic E-state index is -4.20. The van der Waals surface area contributed by atoms with Crippen LogP contribution in [0.5, 0.6) is 17.2 Å². The van der Waals surface area contributed by atoms with E-state index in [0.29, 0.717) is 16.3 Å². The molecule has 1 N–H and O–H groups in total. The summed E-state index contributed by atoms with van der Waals surface area (Å²) < 4.78 is 47.7. The first kappa shape index (κ1) is 27.1. The SMILES string of the molecule is COc1cc(C(=O)N2CC(CCCS(=O)(=O)O)(c3ccc(Cl)c(Cl)c3)CC2=O)cc(OC)c1OC. The average molecular weight is 546 g/mol. The Morgan fingerprint density at radius 1 is 1.06 bits per heavy atom. The monoisotopic (exact) mass is 545 g/mol. The van der Waals surface area contributed by atoms with E-state index in [4.69, 9.17) is 37.4 Å². The summed E-state index contributed by atoms with van der Waals surface area (Å²) in [6.07, 6.45) is 0.209. The zero-order chi connectivity index (χ0) is 26.0. The number of ether oxygens (including phenoxy) is 3. The lowest BCUT2D eigenvalue weighted by molar-refractivity contribution is -0.125. The standard InChI is InChI=1S/C23H25Cl2NO8S/c1-32-18-9-14(10-19(33-2)21(18)34-3)22(28)26-13-23(12-20(26)27,7-4-8-35(29,30)31)15-5-6-16(24)17(25)11-15/h5-6,9-11H,4,7-8,12-13H2,1-3H3,(H,29,30,31). The van der Waals surface area contributed by atoms with Crippen molar-refractivity contribution in [1.82, 2.24) is 4.90 Å². The maximum atomic E-state index is 13.4. The van der Waals surface area contributed by atoms with Crippen molar-refractivity contribution >= 4 is 45.1 Å². The molecule has 1 aliphatic heterocycles.